The first-order chi connectivity index (χ1) is 12.9. The van der Waals surface area contributed by atoms with E-state index in [4.69, 9.17) is 0 Å². The van der Waals surface area contributed by atoms with Gasteiger partial charge in [-0.05, 0) is 55.9 Å². The quantitative estimate of drug-likeness (QED) is 0.585. The van der Waals surface area contributed by atoms with Crippen molar-refractivity contribution >= 4 is 22.5 Å². The molecular formula is C23H26N2O2. The molecule has 27 heavy (non-hydrogen) atoms. The Bertz CT molecular complexity index is 968. The number of aryl methyl sites for hydroxylation is 2. The van der Waals surface area contributed by atoms with Crippen molar-refractivity contribution in [2.75, 3.05) is 5.32 Å². The van der Waals surface area contributed by atoms with Crippen LogP contribution in [0.5, 0.6) is 0 Å². The molecule has 3 aromatic rings. The van der Waals surface area contributed by atoms with Crippen molar-refractivity contribution in [3.05, 3.63) is 65.4 Å². The third-order valence-corrected chi connectivity index (χ3v) is 5.71. The molecule has 4 nitrogen and oxygen atoms in total. The molecule has 140 valence electrons. The lowest BCUT2D eigenvalue weighted by molar-refractivity contribution is -0.120. The molecule has 0 spiro atoms. The average molecular weight is 362 g/mol. The number of rotatable bonds is 6. The van der Waals surface area contributed by atoms with E-state index in [1.807, 2.05) is 31.3 Å². The number of amides is 1. The van der Waals surface area contributed by atoms with E-state index in [0.29, 0.717) is 6.42 Å². The molecule has 0 aliphatic heterocycles. The largest absolute Gasteiger partial charge is 0.388 e. The maximum atomic E-state index is 12.4. The van der Waals surface area contributed by atoms with Gasteiger partial charge in [0.05, 0.1) is 11.8 Å². The molecule has 1 unspecified atom stereocenters. The van der Waals surface area contributed by atoms with Crippen molar-refractivity contribution in [1.29, 1.82) is 0 Å². The zero-order valence-electron chi connectivity index (χ0n) is 15.9. The van der Waals surface area contributed by atoms with E-state index in [0.717, 1.165) is 41.4 Å². The van der Waals surface area contributed by atoms with E-state index in [-0.39, 0.29) is 11.3 Å². The Hall–Kier alpha value is -2.59. The Labute approximate surface area is 159 Å². The van der Waals surface area contributed by atoms with Gasteiger partial charge in [0.1, 0.15) is 0 Å². The Balaban J connectivity index is 1.49. The molecule has 1 saturated carbocycles. The molecule has 0 saturated heterocycles. The number of carbonyl (C=O) groups is 1. The molecule has 2 aromatic carbocycles. The van der Waals surface area contributed by atoms with Crippen LogP contribution in [0.3, 0.4) is 0 Å². The SMILES string of the molecule is Cc1ccc(CCC(O)c2ccc3[nH]cc(NC(=O)C4(C)CC4)c3c2)cc1. The van der Waals surface area contributed by atoms with Gasteiger partial charge < -0.3 is 15.4 Å². The minimum atomic E-state index is -0.532. The summed E-state index contributed by atoms with van der Waals surface area (Å²) in [6.45, 7) is 4.07. The number of carbonyl (C=O) groups excluding carboxylic acids is 1. The number of hydrogen-bond donors (Lipinski definition) is 3. The average Bonchev–Trinajstić information content (AvgIpc) is 3.31. The number of fused-ring (bicyclic) bond motifs is 1. The van der Waals surface area contributed by atoms with Crippen LogP contribution in [0.25, 0.3) is 10.9 Å². The molecule has 1 aliphatic rings. The number of aromatic amines is 1. The molecule has 0 radical (unpaired) electrons. The second-order valence-electron chi connectivity index (χ2n) is 8.06. The molecule has 1 aliphatic carbocycles. The fraction of sp³-hybridized carbons (Fsp3) is 0.348. The Morgan fingerprint density at radius 2 is 1.96 bits per heavy atom. The Morgan fingerprint density at radius 1 is 1.22 bits per heavy atom. The van der Waals surface area contributed by atoms with E-state index < -0.39 is 6.10 Å². The summed E-state index contributed by atoms with van der Waals surface area (Å²) in [6.07, 6.45) is 4.69. The number of anilines is 1. The van der Waals surface area contributed by atoms with Crippen LogP contribution in [-0.2, 0) is 11.2 Å². The van der Waals surface area contributed by atoms with Crippen LogP contribution in [0.2, 0.25) is 0 Å². The van der Waals surface area contributed by atoms with Crippen LogP contribution < -0.4 is 5.32 Å². The smallest absolute Gasteiger partial charge is 0.230 e. The highest BCUT2D eigenvalue weighted by Gasteiger charge is 2.45. The lowest BCUT2D eigenvalue weighted by atomic mass is 9.99. The van der Waals surface area contributed by atoms with Crippen LogP contribution in [0.4, 0.5) is 5.69 Å². The lowest BCUT2D eigenvalue weighted by Gasteiger charge is -2.13. The van der Waals surface area contributed by atoms with Gasteiger partial charge in [0.15, 0.2) is 0 Å². The van der Waals surface area contributed by atoms with Gasteiger partial charge in [-0.3, -0.25) is 4.79 Å². The normalized spacial score (nSPS) is 16.3. The molecule has 1 heterocycles. The number of H-pyrrole nitrogens is 1. The molecule has 1 atom stereocenters. The van der Waals surface area contributed by atoms with Crippen molar-refractivity contribution in [1.82, 2.24) is 4.98 Å². The van der Waals surface area contributed by atoms with E-state index in [1.165, 1.54) is 11.1 Å². The fourth-order valence-corrected chi connectivity index (χ4v) is 3.36. The van der Waals surface area contributed by atoms with Gasteiger partial charge in [0.25, 0.3) is 0 Å². The summed E-state index contributed by atoms with van der Waals surface area (Å²) < 4.78 is 0. The van der Waals surface area contributed by atoms with Gasteiger partial charge in [-0.15, -0.1) is 0 Å². The van der Waals surface area contributed by atoms with E-state index in [2.05, 4.69) is 41.5 Å². The summed E-state index contributed by atoms with van der Waals surface area (Å²) in [6, 6.07) is 14.3. The van der Waals surface area contributed by atoms with Crippen LogP contribution in [0, 0.1) is 12.3 Å². The standard InChI is InChI=1S/C23H26N2O2/c1-15-3-5-16(6-4-15)7-10-21(26)17-8-9-19-18(13-17)20(14-24-19)25-22(27)23(2)11-12-23/h3-6,8-9,13-14,21,24,26H,7,10-12H2,1-2H3,(H,25,27). The van der Waals surface area contributed by atoms with Gasteiger partial charge in [0.2, 0.25) is 5.91 Å². The molecule has 0 bridgehead atoms. The minimum Gasteiger partial charge on any atom is -0.388 e. The van der Waals surface area contributed by atoms with Crippen LogP contribution in [-0.4, -0.2) is 16.0 Å². The van der Waals surface area contributed by atoms with Crippen LogP contribution >= 0.6 is 0 Å². The Kier molecular flexibility index (Phi) is 4.52. The predicted octanol–water partition coefficient (Wildman–Crippen LogP) is 4.88. The van der Waals surface area contributed by atoms with Crippen molar-refractivity contribution in [3.8, 4) is 0 Å². The van der Waals surface area contributed by atoms with Crippen molar-refractivity contribution in [2.45, 2.75) is 45.6 Å². The summed E-state index contributed by atoms with van der Waals surface area (Å²) in [5.41, 5.74) is 4.88. The number of nitrogens with one attached hydrogen (secondary N) is 2. The van der Waals surface area contributed by atoms with Gasteiger partial charge in [0, 0.05) is 22.5 Å². The predicted molar refractivity (Wildman–Crippen MR) is 109 cm³/mol. The molecule has 1 aromatic heterocycles. The second kappa shape index (κ2) is 6.86. The summed E-state index contributed by atoms with van der Waals surface area (Å²) in [7, 11) is 0. The van der Waals surface area contributed by atoms with E-state index >= 15 is 0 Å². The van der Waals surface area contributed by atoms with E-state index in [9.17, 15) is 9.90 Å². The molecule has 1 fully saturated rings. The summed E-state index contributed by atoms with van der Waals surface area (Å²) in [4.78, 5) is 15.6. The molecule has 3 N–H and O–H groups in total. The minimum absolute atomic E-state index is 0.0775. The molecule has 4 rings (SSSR count). The summed E-state index contributed by atoms with van der Waals surface area (Å²) in [5, 5.41) is 14.6. The maximum Gasteiger partial charge on any atom is 0.230 e. The number of aromatic nitrogens is 1. The highest BCUT2D eigenvalue weighted by molar-refractivity contribution is 6.04. The van der Waals surface area contributed by atoms with Crippen LogP contribution in [0.15, 0.2) is 48.7 Å². The number of benzene rings is 2. The highest BCUT2D eigenvalue weighted by atomic mass is 16.3. The highest BCUT2D eigenvalue weighted by Crippen LogP contribution is 2.46. The molecule has 1 amide bonds. The second-order valence-corrected chi connectivity index (χ2v) is 8.06. The third kappa shape index (κ3) is 3.76. The summed E-state index contributed by atoms with van der Waals surface area (Å²) in [5.74, 6) is 0.0775. The monoisotopic (exact) mass is 362 g/mol. The first kappa shape index (κ1) is 17.8. The van der Waals surface area contributed by atoms with Crippen molar-refractivity contribution < 1.29 is 9.90 Å². The zero-order chi connectivity index (χ0) is 19.0. The van der Waals surface area contributed by atoms with Gasteiger partial charge in [-0.2, -0.15) is 0 Å². The van der Waals surface area contributed by atoms with Gasteiger partial charge >= 0.3 is 0 Å². The maximum absolute atomic E-state index is 12.4. The first-order valence-electron chi connectivity index (χ1n) is 9.61. The van der Waals surface area contributed by atoms with E-state index in [1.54, 1.807) is 0 Å². The van der Waals surface area contributed by atoms with Crippen molar-refractivity contribution in [2.24, 2.45) is 5.41 Å². The lowest BCUT2D eigenvalue weighted by Crippen LogP contribution is -2.21. The topological polar surface area (TPSA) is 65.1 Å². The fourth-order valence-electron chi connectivity index (χ4n) is 3.36. The third-order valence-electron chi connectivity index (χ3n) is 5.71. The summed E-state index contributed by atoms with van der Waals surface area (Å²) >= 11 is 0. The van der Waals surface area contributed by atoms with Crippen LogP contribution in [0.1, 0.15) is 49.0 Å². The number of aliphatic hydroxyl groups excluding tert-OH is 1. The number of hydrogen-bond acceptors (Lipinski definition) is 2. The van der Waals surface area contributed by atoms with Gasteiger partial charge in [-0.1, -0.05) is 42.8 Å². The van der Waals surface area contributed by atoms with Crippen molar-refractivity contribution in [3.63, 3.8) is 0 Å². The number of aliphatic hydroxyl groups is 1. The molecule has 4 heteroatoms. The molecular weight excluding hydrogens is 336 g/mol. The first-order valence-corrected chi connectivity index (χ1v) is 9.61. The zero-order valence-corrected chi connectivity index (χ0v) is 15.9. The van der Waals surface area contributed by atoms with Gasteiger partial charge in [-0.25, -0.2) is 0 Å². The Morgan fingerprint density at radius 3 is 2.67 bits per heavy atom.